The van der Waals surface area contributed by atoms with E-state index in [-0.39, 0.29) is 35.7 Å². The molecule has 234 valence electrons. The highest BCUT2D eigenvalue weighted by Gasteiger charge is 2.59. The number of hydrogen-bond donors (Lipinski definition) is 1. The van der Waals surface area contributed by atoms with E-state index >= 15 is 0 Å². The van der Waals surface area contributed by atoms with E-state index < -0.39 is 11.9 Å². The number of benzene rings is 1. The van der Waals surface area contributed by atoms with Crippen molar-refractivity contribution in [3.8, 4) is 5.75 Å². The summed E-state index contributed by atoms with van der Waals surface area (Å²) in [7, 11) is 0. The lowest BCUT2D eigenvalue weighted by atomic mass is 9.55. The van der Waals surface area contributed by atoms with E-state index in [1.54, 1.807) is 0 Å². The number of esters is 2. The third kappa shape index (κ3) is 5.07. The molecule has 6 aliphatic rings. The molecule has 0 saturated heterocycles. The lowest BCUT2D eigenvalue weighted by molar-refractivity contribution is -0.147. The molecule has 0 heterocycles. The van der Waals surface area contributed by atoms with Crippen molar-refractivity contribution in [3.05, 3.63) is 34.2 Å². The number of ether oxygens (including phenoxy) is 2. The highest BCUT2D eigenvalue weighted by atomic mass is 32.2. The minimum absolute atomic E-state index is 0.0171. The summed E-state index contributed by atoms with van der Waals surface area (Å²) in [5.74, 6) is 4.67. The van der Waals surface area contributed by atoms with Crippen LogP contribution in [0.2, 0.25) is 0 Å². The summed E-state index contributed by atoms with van der Waals surface area (Å²) in [5.41, 5.74) is 2.72. The number of rotatable bonds is 9. The highest BCUT2D eigenvalue weighted by molar-refractivity contribution is 7.99. The summed E-state index contributed by atoms with van der Waals surface area (Å²) < 4.78 is 14.3. The topological polar surface area (TPSA) is 102 Å². The molecule has 0 spiro atoms. The number of carbonyl (C=O) groups is 2. The van der Waals surface area contributed by atoms with Crippen molar-refractivity contribution in [1.29, 1.82) is 0 Å². The lowest BCUT2D eigenvalue weighted by Crippen LogP contribution is -2.43. The monoisotopic (exact) mass is 609 g/mol. The van der Waals surface area contributed by atoms with Crippen LogP contribution >= 0.6 is 11.9 Å². The van der Waals surface area contributed by atoms with Crippen LogP contribution in [0, 0.1) is 51.7 Å². The fourth-order valence-electron chi connectivity index (χ4n) is 11.2. The maximum absolute atomic E-state index is 12.7. The van der Waals surface area contributed by atoms with Crippen molar-refractivity contribution in [2.45, 2.75) is 114 Å². The molecular weight excluding hydrogens is 562 g/mol. The van der Waals surface area contributed by atoms with Gasteiger partial charge in [-0.05, 0) is 147 Å². The maximum Gasteiger partial charge on any atom is 0.311 e. The first-order valence-electron chi connectivity index (χ1n) is 16.9. The first kappa shape index (κ1) is 29.8. The molecule has 0 radical (unpaired) electrons. The fourth-order valence-corrected chi connectivity index (χ4v) is 12.1. The molecule has 1 N–H and O–H groups in total. The summed E-state index contributed by atoms with van der Waals surface area (Å²) in [6.45, 7) is 4.79. The third-order valence-electron chi connectivity index (χ3n) is 13.5. The van der Waals surface area contributed by atoms with Gasteiger partial charge in [0.1, 0.15) is 5.75 Å². The van der Waals surface area contributed by atoms with Crippen LogP contribution in [0.25, 0.3) is 0 Å². The molecule has 1 aromatic rings. The molecule has 2 bridgehead atoms. The van der Waals surface area contributed by atoms with Gasteiger partial charge in [-0.15, -0.1) is 4.91 Å². The van der Waals surface area contributed by atoms with E-state index in [2.05, 4.69) is 24.5 Å². The number of aliphatic hydroxyl groups excluding tert-OH is 1. The van der Waals surface area contributed by atoms with Crippen molar-refractivity contribution in [2.24, 2.45) is 51.4 Å². The average Bonchev–Trinajstić information content (AvgIpc) is 3.47. The SMILES string of the molecule is CC1CC2CC3CC(CC23)C1(CCOC(=O)CCC(=O)Oc1ccc2c(c1)CC[C@@H]1[C@@H]2CC[C@]2(C)[C@@H](O)CC[C@@H]12)SN=O. The van der Waals surface area contributed by atoms with Gasteiger partial charge in [0.25, 0.3) is 0 Å². The van der Waals surface area contributed by atoms with E-state index in [0.29, 0.717) is 41.8 Å². The largest absolute Gasteiger partial charge is 0.466 e. The molecule has 43 heavy (non-hydrogen) atoms. The highest BCUT2D eigenvalue weighted by Crippen LogP contribution is 2.66. The fraction of sp³-hybridized carbons (Fsp3) is 0.771. The van der Waals surface area contributed by atoms with Gasteiger partial charge in [0.15, 0.2) is 0 Å². The molecule has 0 aromatic heterocycles. The van der Waals surface area contributed by atoms with Crippen molar-refractivity contribution >= 4 is 23.9 Å². The summed E-state index contributed by atoms with van der Waals surface area (Å²) in [5, 5.41) is 10.7. The number of aryl methyl sites for hydroxylation is 1. The molecule has 8 heteroatoms. The van der Waals surface area contributed by atoms with Crippen molar-refractivity contribution in [2.75, 3.05) is 6.61 Å². The number of nitroso groups, excluding NO2 is 1. The summed E-state index contributed by atoms with van der Waals surface area (Å²) in [4.78, 5) is 36.7. The van der Waals surface area contributed by atoms with E-state index in [0.717, 1.165) is 62.7 Å². The van der Waals surface area contributed by atoms with Crippen LogP contribution in [-0.4, -0.2) is 34.5 Å². The molecule has 5 fully saturated rings. The van der Waals surface area contributed by atoms with E-state index in [1.807, 2.05) is 12.1 Å². The normalized spacial score (nSPS) is 42.1. The zero-order chi connectivity index (χ0) is 29.9. The molecule has 7 rings (SSSR count). The van der Waals surface area contributed by atoms with Gasteiger partial charge in [-0.25, -0.2) is 0 Å². The molecular formula is C35H47NO6S. The van der Waals surface area contributed by atoms with Gasteiger partial charge in [-0.2, -0.15) is 0 Å². The first-order valence-corrected chi connectivity index (χ1v) is 17.7. The third-order valence-corrected chi connectivity index (χ3v) is 14.9. The Morgan fingerprint density at radius 1 is 1.02 bits per heavy atom. The van der Waals surface area contributed by atoms with Crippen LogP contribution in [-0.2, 0) is 20.7 Å². The van der Waals surface area contributed by atoms with E-state index in [1.165, 1.54) is 42.3 Å². The predicted octanol–water partition coefficient (Wildman–Crippen LogP) is 7.38. The second-order valence-corrected chi connectivity index (χ2v) is 16.3. The summed E-state index contributed by atoms with van der Waals surface area (Å²) in [6.07, 6.45) is 11.6. The number of carbonyl (C=O) groups excluding carboxylic acids is 2. The Morgan fingerprint density at radius 3 is 2.67 bits per heavy atom. The molecule has 7 nitrogen and oxygen atoms in total. The predicted molar refractivity (Wildman–Crippen MR) is 165 cm³/mol. The number of fused-ring (bicyclic) bond motifs is 6. The second kappa shape index (κ2) is 11.5. The van der Waals surface area contributed by atoms with Crippen LogP contribution in [0.15, 0.2) is 22.8 Å². The van der Waals surface area contributed by atoms with Gasteiger partial charge in [0, 0.05) is 21.3 Å². The molecule has 5 saturated carbocycles. The molecule has 0 aliphatic heterocycles. The first-order chi connectivity index (χ1) is 20.7. The van der Waals surface area contributed by atoms with Gasteiger partial charge in [0.05, 0.1) is 25.6 Å². The van der Waals surface area contributed by atoms with E-state index in [4.69, 9.17) is 9.47 Å². The maximum atomic E-state index is 12.7. The standard InChI is InChI=1S/C35H47NO6S/c1-20-15-22-16-23-17-24(19-29(22)23)35(20,43-36-40)13-14-41-32(38)9-10-33(39)42-25-4-6-26-21(18-25)3-5-28-27(26)11-12-34(2)30(28)7-8-31(34)37/h4,6,18,20,22-24,27-31,37H,3,5,7-17,19H2,1-2H3/t20?,22?,23?,24?,27-,28-,29?,30+,31+,34+,35?/m1/s1. The Labute approximate surface area is 259 Å². The van der Waals surface area contributed by atoms with Crippen LogP contribution < -0.4 is 4.74 Å². The van der Waals surface area contributed by atoms with Crippen molar-refractivity contribution < 1.29 is 24.2 Å². The molecule has 6 aliphatic carbocycles. The Balaban J connectivity index is 0.896. The minimum atomic E-state index is -0.426. The summed E-state index contributed by atoms with van der Waals surface area (Å²) >= 11 is 1.19. The zero-order valence-electron chi connectivity index (χ0n) is 25.7. The Hall–Kier alpha value is -1.93. The number of nitrogens with zero attached hydrogens (tertiary/aromatic N) is 1. The van der Waals surface area contributed by atoms with Crippen molar-refractivity contribution in [3.63, 3.8) is 0 Å². The zero-order valence-corrected chi connectivity index (χ0v) is 26.5. The van der Waals surface area contributed by atoms with Crippen molar-refractivity contribution in [1.82, 2.24) is 0 Å². The van der Waals surface area contributed by atoms with Gasteiger partial charge in [-0.1, -0.05) is 19.9 Å². The molecule has 0 amide bonds. The van der Waals surface area contributed by atoms with Gasteiger partial charge < -0.3 is 14.6 Å². The van der Waals surface area contributed by atoms with Crippen LogP contribution in [0.4, 0.5) is 0 Å². The Morgan fingerprint density at radius 2 is 1.84 bits per heavy atom. The molecule has 6 unspecified atom stereocenters. The summed E-state index contributed by atoms with van der Waals surface area (Å²) in [6, 6.07) is 6.06. The minimum Gasteiger partial charge on any atom is -0.466 e. The van der Waals surface area contributed by atoms with Gasteiger partial charge in [0.2, 0.25) is 0 Å². The van der Waals surface area contributed by atoms with Crippen LogP contribution in [0.5, 0.6) is 5.75 Å². The Bertz CT molecular complexity index is 1270. The van der Waals surface area contributed by atoms with E-state index in [9.17, 15) is 19.6 Å². The second-order valence-electron chi connectivity index (χ2n) is 15.2. The van der Waals surface area contributed by atoms with Crippen LogP contribution in [0.3, 0.4) is 0 Å². The number of hydrogen-bond acceptors (Lipinski definition) is 8. The molecule has 11 atom stereocenters. The smallest absolute Gasteiger partial charge is 0.311 e. The number of aliphatic hydroxyl groups is 1. The van der Waals surface area contributed by atoms with Gasteiger partial charge in [-0.3, -0.25) is 9.59 Å². The van der Waals surface area contributed by atoms with Crippen LogP contribution in [0.1, 0.15) is 108 Å². The lowest BCUT2D eigenvalue weighted by Gasteiger charge is -2.50. The quantitative estimate of drug-likeness (QED) is 0.135. The Kier molecular flexibility index (Phi) is 7.93. The average molecular weight is 610 g/mol. The van der Waals surface area contributed by atoms with Gasteiger partial charge >= 0.3 is 11.9 Å². The molecule has 1 aromatic carbocycles.